The van der Waals surface area contributed by atoms with Gasteiger partial charge in [-0.05, 0) is 45.9 Å². The van der Waals surface area contributed by atoms with E-state index in [-0.39, 0.29) is 6.15 Å². The Morgan fingerprint density at radius 1 is 0.857 bits per heavy atom. The molecular weight excluding hydrogens is 558 g/mol. The molecule has 0 aromatic carbocycles. The molecule has 0 heterocycles. The zero-order valence-electron chi connectivity index (χ0n) is 30.4. The minimum absolute atomic E-state index is 0. The Morgan fingerprint density at radius 2 is 1.12 bits per heavy atom. The fraction of sp³-hybridized carbons (Fsp3) is 0.758. The van der Waals surface area contributed by atoms with Crippen LogP contribution in [0.25, 0.3) is 0 Å². The average molecular weight is 626 g/mol. The number of hydrogen-bond donors (Lipinski definition) is 1. The van der Waals surface area contributed by atoms with Gasteiger partial charge in [0.05, 0.1) is 0 Å². The molecule has 1 rings (SSSR count). The summed E-state index contributed by atoms with van der Waals surface area (Å²) in [5, 5.41) is 0.465. The molecule has 0 fully saturated rings. The molecule has 9 heteroatoms. The Morgan fingerprint density at radius 3 is 1.26 bits per heavy atom. The Hall–Kier alpha value is -1.19. The van der Waals surface area contributed by atoms with Crippen molar-refractivity contribution in [3.8, 4) is 0 Å². The van der Waals surface area contributed by atoms with E-state index in [4.69, 9.17) is 0 Å². The van der Waals surface area contributed by atoms with Gasteiger partial charge in [-0.15, -0.1) is 33.8 Å². The molecular formula is C33H67BF3NO3S-4. The lowest BCUT2D eigenvalue weighted by Gasteiger charge is -2.35. The number of nitrogens with one attached hydrogen (secondary N) is 1. The maximum atomic E-state index is 12.0. The fourth-order valence-corrected chi connectivity index (χ4v) is 2.69. The van der Waals surface area contributed by atoms with Gasteiger partial charge >= 0.3 is 0 Å². The van der Waals surface area contributed by atoms with Crippen molar-refractivity contribution in [1.29, 1.82) is 0 Å². The molecule has 0 bridgehead atoms. The highest BCUT2D eigenvalue weighted by Crippen LogP contribution is 2.37. The van der Waals surface area contributed by atoms with Crippen molar-refractivity contribution in [1.82, 2.24) is 5.32 Å². The van der Waals surface area contributed by atoms with E-state index in [1.807, 2.05) is 0 Å². The molecule has 0 aliphatic heterocycles. The third kappa shape index (κ3) is 35.0. The lowest BCUT2D eigenvalue weighted by molar-refractivity contribution is 0.0741. The SMILES string of the molecule is C=C1C(C)=C(C)C(C)=C(C)[C-]1C.CC(C)(F)S(=O)(=O)[O-].CCC(CC)CC.CCNCC.C[B-](C)(C)C.[CH2-]C(C)(F)F. The van der Waals surface area contributed by atoms with Crippen LogP contribution in [0.5, 0.6) is 0 Å². The second kappa shape index (κ2) is 24.2. The topological polar surface area (TPSA) is 69.2 Å². The van der Waals surface area contributed by atoms with E-state index >= 15 is 0 Å². The molecule has 1 N–H and O–H groups in total. The smallest absolute Gasteiger partial charge is 0.193 e. The van der Waals surface area contributed by atoms with Gasteiger partial charge in [0, 0.05) is 0 Å². The first-order chi connectivity index (χ1) is 18.5. The van der Waals surface area contributed by atoms with Gasteiger partial charge in [-0.25, -0.2) is 21.6 Å². The molecule has 0 unspecified atom stereocenters. The van der Waals surface area contributed by atoms with Crippen molar-refractivity contribution >= 4 is 16.3 Å². The van der Waals surface area contributed by atoms with Crippen LogP contribution in [0.2, 0.25) is 27.3 Å². The summed E-state index contributed by atoms with van der Waals surface area (Å²) in [6.45, 7) is 41.7. The number of hydrogen-bond acceptors (Lipinski definition) is 4. The maximum absolute atomic E-state index is 12.0. The van der Waals surface area contributed by atoms with Gasteiger partial charge in [0.2, 0.25) is 0 Å². The average Bonchev–Trinajstić information content (AvgIpc) is 2.80. The normalized spacial score (nSPS) is 13.8. The van der Waals surface area contributed by atoms with Gasteiger partial charge in [0.1, 0.15) is 16.0 Å². The molecule has 4 nitrogen and oxygen atoms in total. The van der Waals surface area contributed by atoms with Gasteiger partial charge in [-0.2, -0.15) is 33.9 Å². The molecule has 42 heavy (non-hydrogen) atoms. The van der Waals surface area contributed by atoms with E-state index in [2.05, 4.69) is 115 Å². The van der Waals surface area contributed by atoms with E-state index in [0.717, 1.165) is 25.9 Å². The predicted molar refractivity (Wildman–Crippen MR) is 183 cm³/mol. The van der Waals surface area contributed by atoms with Gasteiger partial charge in [0.15, 0.2) is 5.00 Å². The second-order valence-corrected chi connectivity index (χ2v) is 14.9. The standard InChI is InChI=1S/C12H17.C7H16.C4H12B.C4H11N.C3H5F2.C3H7FO3S/c1-7-8(2)10(4)12(6)11(5)9(7)3;1-4-7(5-2)6-3;1-5(2,3)4;1-3-5-4-2;1-3(2,4)5;1-3(2,4)8(5,6)7/h1H2,2-6H3;7H,4-6H2,1-3H3;1-4H3;5H,3-4H2,1-2H3;1H2,2H3;1-2H3,(H,5,6,7)/q-1;;-1;;-1;/p-1. The molecule has 0 atom stereocenters. The number of allylic oxidation sites excluding steroid dienone is 5. The molecule has 1 aliphatic rings. The van der Waals surface area contributed by atoms with E-state index in [0.29, 0.717) is 13.8 Å². The van der Waals surface area contributed by atoms with Gasteiger partial charge in [-0.1, -0.05) is 88.5 Å². The van der Waals surface area contributed by atoms with Gasteiger partial charge in [-0.3, -0.25) is 6.92 Å². The Bertz CT molecular complexity index is 844. The van der Waals surface area contributed by atoms with Crippen LogP contribution in [0.3, 0.4) is 0 Å². The van der Waals surface area contributed by atoms with Crippen LogP contribution < -0.4 is 5.32 Å². The first kappa shape index (κ1) is 50.4. The molecule has 0 aromatic rings. The Kier molecular flexibility index (Phi) is 29.0. The minimum atomic E-state index is -4.76. The van der Waals surface area contributed by atoms with Crippen LogP contribution in [0.4, 0.5) is 13.2 Å². The highest BCUT2D eigenvalue weighted by atomic mass is 32.2. The Balaban J connectivity index is -0.000000136. The third-order valence-electron chi connectivity index (χ3n) is 5.98. The summed E-state index contributed by atoms with van der Waals surface area (Å²) >= 11 is 0. The summed E-state index contributed by atoms with van der Waals surface area (Å²) in [6.07, 6.45) is 4.06. The molecule has 0 amide bonds. The fourth-order valence-electron chi connectivity index (χ4n) is 2.69. The second-order valence-electron chi connectivity index (χ2n) is 13.0. The largest absolute Gasteiger partial charge is 0.746 e. The third-order valence-corrected chi connectivity index (χ3v) is 7.17. The number of rotatable bonds is 6. The summed E-state index contributed by atoms with van der Waals surface area (Å²) < 4.78 is 63.0. The van der Waals surface area contributed by atoms with Crippen LogP contribution in [0.15, 0.2) is 34.4 Å². The quantitative estimate of drug-likeness (QED) is 0.181. The number of alkyl halides is 3. The lowest BCUT2D eigenvalue weighted by atomic mass is 9.32. The zero-order chi connectivity index (χ0) is 35.3. The van der Waals surface area contributed by atoms with Crippen molar-refractivity contribution in [2.75, 3.05) is 13.1 Å². The molecule has 256 valence electrons. The van der Waals surface area contributed by atoms with E-state index < -0.39 is 21.0 Å². The lowest BCUT2D eigenvalue weighted by Crippen LogP contribution is -2.25. The summed E-state index contributed by atoms with van der Waals surface area (Å²) in [6, 6.07) is 0. The summed E-state index contributed by atoms with van der Waals surface area (Å²) in [7, 11) is -4.76. The minimum Gasteiger partial charge on any atom is -0.746 e. The number of halogens is 3. The van der Waals surface area contributed by atoms with Crippen molar-refractivity contribution in [2.24, 2.45) is 5.92 Å². The monoisotopic (exact) mass is 625 g/mol. The first-order valence-electron chi connectivity index (χ1n) is 15.3. The van der Waals surface area contributed by atoms with Crippen LogP contribution >= 0.6 is 0 Å². The Labute approximate surface area is 261 Å². The first-order valence-corrected chi connectivity index (χ1v) is 16.7. The molecule has 0 aromatic heterocycles. The summed E-state index contributed by atoms with van der Waals surface area (Å²) in [5.74, 6) is -0.421. The van der Waals surface area contributed by atoms with E-state index in [1.165, 1.54) is 53.0 Å². The molecule has 0 spiro atoms. The molecule has 1 aliphatic carbocycles. The van der Waals surface area contributed by atoms with Crippen molar-refractivity contribution in [3.63, 3.8) is 0 Å². The zero-order valence-corrected chi connectivity index (χ0v) is 31.2. The molecule has 0 radical (unpaired) electrons. The van der Waals surface area contributed by atoms with Crippen molar-refractivity contribution in [2.45, 2.75) is 147 Å². The van der Waals surface area contributed by atoms with Crippen molar-refractivity contribution < 1.29 is 26.1 Å². The predicted octanol–water partition coefficient (Wildman–Crippen LogP) is 10.9. The van der Waals surface area contributed by atoms with Crippen LogP contribution in [-0.2, 0) is 10.1 Å². The summed E-state index contributed by atoms with van der Waals surface area (Å²) in [4.78, 5) is 0. The van der Waals surface area contributed by atoms with E-state index in [9.17, 15) is 26.1 Å². The van der Waals surface area contributed by atoms with Gasteiger partial charge < -0.3 is 9.87 Å². The van der Waals surface area contributed by atoms with Crippen LogP contribution in [0, 0.1) is 18.8 Å². The highest BCUT2D eigenvalue weighted by molar-refractivity contribution is 7.86. The maximum Gasteiger partial charge on any atom is 0.193 e. The van der Waals surface area contributed by atoms with E-state index in [1.54, 1.807) is 0 Å². The molecule has 0 saturated carbocycles. The van der Waals surface area contributed by atoms with Crippen LogP contribution in [0.1, 0.15) is 109 Å². The van der Waals surface area contributed by atoms with Crippen molar-refractivity contribution in [3.05, 3.63) is 47.3 Å². The molecule has 0 saturated heterocycles. The van der Waals surface area contributed by atoms with Gasteiger partial charge in [0.25, 0.3) is 0 Å². The highest BCUT2D eigenvalue weighted by Gasteiger charge is 2.23. The summed E-state index contributed by atoms with van der Waals surface area (Å²) in [5.41, 5.74) is 6.75. The van der Waals surface area contributed by atoms with Crippen LogP contribution in [-0.4, -0.2) is 43.1 Å².